The summed E-state index contributed by atoms with van der Waals surface area (Å²) in [5, 5.41) is 0. The Morgan fingerprint density at radius 3 is 1.16 bits per heavy atom. The molecule has 4 rings (SSSR count). The number of aryl methyl sites for hydroxylation is 2. The van der Waals surface area contributed by atoms with Crippen molar-refractivity contribution in [3.05, 3.63) is 129 Å². The lowest BCUT2D eigenvalue weighted by Gasteiger charge is -2.05. The number of hydrogen-bond donors (Lipinski definition) is 0. The summed E-state index contributed by atoms with van der Waals surface area (Å²) < 4.78 is 0. The van der Waals surface area contributed by atoms with Gasteiger partial charge in [-0.15, -0.1) is 0 Å². The minimum Gasteiger partial charge on any atom is -0.0966 e. The van der Waals surface area contributed by atoms with Crippen LogP contribution in [0.25, 0.3) is 0 Å². The van der Waals surface area contributed by atoms with Crippen molar-refractivity contribution in [2.75, 3.05) is 0 Å². The van der Waals surface area contributed by atoms with E-state index in [4.69, 9.17) is 15.7 Å². The quantitative estimate of drug-likeness (QED) is 0.271. The Kier molecular flexibility index (Phi) is 9.36. The number of benzene rings is 4. The van der Waals surface area contributed by atoms with Crippen LogP contribution in [-0.4, -0.2) is 15.7 Å². The van der Waals surface area contributed by atoms with Gasteiger partial charge in [-0.1, -0.05) is 97.4 Å². The monoisotopic (exact) mass is 482 g/mol. The van der Waals surface area contributed by atoms with E-state index in [-0.39, 0.29) is 0 Å². The average molecular weight is 482 g/mol. The van der Waals surface area contributed by atoms with Crippen LogP contribution in [0.5, 0.6) is 0 Å². The van der Waals surface area contributed by atoms with Crippen molar-refractivity contribution >= 4 is 26.6 Å². The highest BCUT2D eigenvalue weighted by Gasteiger charge is 2.03. The molecule has 0 bridgehead atoms. The molecule has 0 aliphatic rings. The summed E-state index contributed by atoms with van der Waals surface area (Å²) in [6.07, 6.45) is 4.02. The number of rotatable bonds is 4. The Hall–Kier alpha value is -4.31. The van der Waals surface area contributed by atoms with Crippen LogP contribution in [0.15, 0.2) is 84.9 Å². The minimum atomic E-state index is 0.743. The van der Waals surface area contributed by atoms with Gasteiger partial charge in [0.25, 0.3) is 0 Å². The van der Waals surface area contributed by atoms with Crippen LogP contribution in [0.1, 0.15) is 71.2 Å². The SMILES string of the molecule is [B]c1ccc(C#Cc2ccc(C#Cc3ccc(C#Cc4ccc([B])cc4)c(CCC)c3)cc2CCC)cc1. The van der Waals surface area contributed by atoms with E-state index in [1.54, 1.807) is 0 Å². The molecule has 0 fully saturated rings. The lowest BCUT2D eigenvalue weighted by atomic mass is 9.95. The van der Waals surface area contributed by atoms with Crippen LogP contribution in [0.2, 0.25) is 0 Å². The fourth-order valence-corrected chi connectivity index (χ4v) is 4.10. The summed E-state index contributed by atoms with van der Waals surface area (Å²) in [5.74, 6) is 19.9. The summed E-state index contributed by atoms with van der Waals surface area (Å²) in [5.41, 5.74) is 9.92. The maximum absolute atomic E-state index is 5.78. The zero-order chi connectivity index (χ0) is 26.7. The molecule has 0 unspecified atom stereocenters. The third-order valence-corrected chi connectivity index (χ3v) is 6.10. The standard InChI is InChI=1S/C36H28B2/c1-3-5-33-25-29(11-19-31(33)17-9-27-13-21-35(37)22-14-27)7-8-30-12-20-32(34(26-30)6-4-2)18-10-28-15-23-36(38)24-16-28/h11-16,19-26H,3-6H2,1-2H3. The van der Waals surface area contributed by atoms with E-state index < -0.39 is 0 Å². The number of hydrogen-bond acceptors (Lipinski definition) is 0. The van der Waals surface area contributed by atoms with Crippen molar-refractivity contribution in [3.8, 4) is 35.5 Å². The Morgan fingerprint density at radius 1 is 0.447 bits per heavy atom. The molecule has 0 saturated heterocycles. The second-order valence-corrected chi connectivity index (χ2v) is 9.24. The summed E-state index contributed by atoms with van der Waals surface area (Å²) in [6.45, 7) is 4.37. The molecule has 2 heteroatoms. The van der Waals surface area contributed by atoms with Gasteiger partial charge in [0.2, 0.25) is 0 Å². The molecule has 0 saturated carbocycles. The second kappa shape index (κ2) is 13.3. The molecule has 0 aromatic heterocycles. The van der Waals surface area contributed by atoms with E-state index >= 15 is 0 Å². The van der Waals surface area contributed by atoms with E-state index in [0.29, 0.717) is 0 Å². The van der Waals surface area contributed by atoms with E-state index in [9.17, 15) is 0 Å². The van der Waals surface area contributed by atoms with Gasteiger partial charge in [0.15, 0.2) is 0 Å². The minimum absolute atomic E-state index is 0.743. The summed E-state index contributed by atoms with van der Waals surface area (Å²) in [7, 11) is 11.6. The van der Waals surface area contributed by atoms with Crippen molar-refractivity contribution < 1.29 is 0 Å². The summed E-state index contributed by atoms with van der Waals surface area (Å²) in [4.78, 5) is 0. The maximum atomic E-state index is 5.78. The predicted molar refractivity (Wildman–Crippen MR) is 162 cm³/mol. The van der Waals surface area contributed by atoms with E-state index in [1.807, 2.05) is 48.5 Å². The molecule has 38 heavy (non-hydrogen) atoms. The normalized spacial score (nSPS) is 9.84. The van der Waals surface area contributed by atoms with Gasteiger partial charge >= 0.3 is 0 Å². The first kappa shape index (κ1) is 26.7. The molecule has 0 amide bonds. The van der Waals surface area contributed by atoms with Gasteiger partial charge in [-0.05, 0) is 84.6 Å². The molecule has 0 nitrogen and oxygen atoms in total. The first-order valence-electron chi connectivity index (χ1n) is 13.1. The fourth-order valence-electron chi connectivity index (χ4n) is 4.10. The largest absolute Gasteiger partial charge is 0.113 e. The topological polar surface area (TPSA) is 0 Å². The van der Waals surface area contributed by atoms with E-state index in [0.717, 1.165) is 70.0 Å². The maximum Gasteiger partial charge on any atom is 0.113 e. The molecular weight excluding hydrogens is 454 g/mol. The third-order valence-electron chi connectivity index (χ3n) is 6.10. The third kappa shape index (κ3) is 7.59. The second-order valence-electron chi connectivity index (χ2n) is 9.24. The van der Waals surface area contributed by atoms with Crippen LogP contribution >= 0.6 is 0 Å². The highest BCUT2D eigenvalue weighted by molar-refractivity contribution is 6.32. The smallest absolute Gasteiger partial charge is 0.0966 e. The van der Waals surface area contributed by atoms with Crippen LogP contribution in [0.4, 0.5) is 0 Å². The molecule has 0 atom stereocenters. The van der Waals surface area contributed by atoms with Gasteiger partial charge < -0.3 is 0 Å². The highest BCUT2D eigenvalue weighted by atomic mass is 14.1. The molecule has 0 spiro atoms. The molecule has 0 aliphatic carbocycles. The predicted octanol–water partition coefficient (Wildman–Crippen LogP) is 5.38. The zero-order valence-corrected chi connectivity index (χ0v) is 22.1. The van der Waals surface area contributed by atoms with Gasteiger partial charge in [0, 0.05) is 33.4 Å². The van der Waals surface area contributed by atoms with Crippen molar-refractivity contribution in [1.82, 2.24) is 0 Å². The lowest BCUT2D eigenvalue weighted by molar-refractivity contribution is 0.918. The van der Waals surface area contributed by atoms with E-state index in [1.165, 1.54) is 11.1 Å². The molecular formula is C36H28B2. The Morgan fingerprint density at radius 2 is 0.789 bits per heavy atom. The van der Waals surface area contributed by atoms with Gasteiger partial charge in [-0.3, -0.25) is 0 Å². The average Bonchev–Trinajstić information content (AvgIpc) is 2.93. The van der Waals surface area contributed by atoms with Crippen LogP contribution < -0.4 is 10.9 Å². The van der Waals surface area contributed by atoms with Crippen LogP contribution in [0, 0.1) is 35.5 Å². The van der Waals surface area contributed by atoms with Gasteiger partial charge in [0.1, 0.15) is 15.7 Å². The molecule has 0 heterocycles. The fraction of sp³-hybridized carbons (Fsp3) is 0.167. The molecule has 4 radical (unpaired) electrons. The molecule has 0 aliphatic heterocycles. The highest BCUT2D eigenvalue weighted by Crippen LogP contribution is 2.16. The van der Waals surface area contributed by atoms with Crippen molar-refractivity contribution in [2.24, 2.45) is 0 Å². The van der Waals surface area contributed by atoms with E-state index in [2.05, 4.69) is 85.8 Å². The first-order chi connectivity index (χ1) is 18.5. The molecule has 178 valence electrons. The van der Waals surface area contributed by atoms with Crippen molar-refractivity contribution in [3.63, 3.8) is 0 Å². The first-order valence-corrected chi connectivity index (χ1v) is 13.1. The lowest BCUT2D eigenvalue weighted by Crippen LogP contribution is -1.99. The Balaban J connectivity index is 1.57. The summed E-state index contributed by atoms with van der Waals surface area (Å²) >= 11 is 0. The Bertz CT molecular complexity index is 1470. The van der Waals surface area contributed by atoms with Crippen molar-refractivity contribution in [1.29, 1.82) is 0 Å². The molecule has 4 aromatic carbocycles. The van der Waals surface area contributed by atoms with Gasteiger partial charge in [-0.2, -0.15) is 0 Å². The van der Waals surface area contributed by atoms with Gasteiger partial charge in [0.05, 0.1) is 0 Å². The Labute approximate surface area is 230 Å². The summed E-state index contributed by atoms with van der Waals surface area (Å²) in [6, 6.07) is 27.9. The zero-order valence-electron chi connectivity index (χ0n) is 22.1. The molecule has 0 N–H and O–H groups in total. The van der Waals surface area contributed by atoms with Gasteiger partial charge in [-0.25, -0.2) is 0 Å². The van der Waals surface area contributed by atoms with Crippen LogP contribution in [0.3, 0.4) is 0 Å². The molecule has 4 aromatic rings. The van der Waals surface area contributed by atoms with Crippen molar-refractivity contribution in [2.45, 2.75) is 39.5 Å². The van der Waals surface area contributed by atoms with Crippen LogP contribution in [-0.2, 0) is 12.8 Å².